The molecule has 8 aromatic carbocycles. The van der Waals surface area contributed by atoms with Gasteiger partial charge in [0, 0.05) is 55.7 Å². The number of ether oxygens (including phenoxy) is 2. The maximum Gasteiger partial charge on any atom is 0.172 e. The summed E-state index contributed by atoms with van der Waals surface area (Å²) in [6, 6.07) is 64.4. The van der Waals surface area contributed by atoms with Crippen LogP contribution in [0.4, 0.5) is 0 Å². The zero-order chi connectivity index (χ0) is 40.2. The topological polar surface area (TPSA) is 67.0 Å². The van der Waals surface area contributed by atoms with Crippen molar-refractivity contribution in [1.29, 1.82) is 0 Å². The van der Waals surface area contributed by atoms with E-state index in [9.17, 15) is 0 Å². The molecule has 12 rings (SSSR count). The number of benzene rings is 8. The van der Waals surface area contributed by atoms with Crippen LogP contribution in [0, 0.1) is 0 Å². The first kappa shape index (κ1) is 35.2. The predicted molar refractivity (Wildman–Crippen MR) is 243 cm³/mol. The van der Waals surface area contributed by atoms with Crippen molar-refractivity contribution in [2.45, 2.75) is 13.8 Å². The first-order valence-corrected chi connectivity index (χ1v) is 20.3. The van der Waals surface area contributed by atoms with Crippen molar-refractivity contribution in [3.63, 3.8) is 0 Å². The van der Waals surface area contributed by atoms with Crippen molar-refractivity contribution < 1.29 is 9.47 Å². The summed E-state index contributed by atoms with van der Waals surface area (Å²) in [7, 11) is 0. The second kappa shape index (κ2) is 14.4. The molecule has 1 aliphatic rings. The number of nitrogens with zero attached hydrogens (tertiary/aromatic N) is 5. The molecule has 0 saturated carbocycles. The summed E-state index contributed by atoms with van der Waals surface area (Å²) in [5.74, 6) is 4.62. The van der Waals surface area contributed by atoms with Gasteiger partial charge in [0.25, 0.3) is 0 Å². The minimum absolute atomic E-state index is 0.602. The van der Waals surface area contributed by atoms with E-state index in [4.69, 9.17) is 24.4 Å². The Labute approximate surface area is 346 Å². The molecule has 11 aromatic rings. The molecule has 0 atom stereocenters. The monoisotopic (exact) mass is 775 g/mol. The highest BCUT2D eigenvalue weighted by atomic mass is 16.6. The van der Waals surface area contributed by atoms with Crippen LogP contribution in [0.2, 0.25) is 0 Å². The number of hydrogen-bond donors (Lipinski definition) is 0. The molecule has 7 heteroatoms. The number of para-hydroxylation sites is 4. The van der Waals surface area contributed by atoms with Gasteiger partial charge in [-0.3, -0.25) is 0 Å². The lowest BCUT2D eigenvalue weighted by Crippen LogP contribution is -2.02. The molecule has 60 heavy (non-hydrogen) atoms. The van der Waals surface area contributed by atoms with E-state index in [1.807, 2.05) is 98.8 Å². The van der Waals surface area contributed by atoms with Crippen LogP contribution in [0.25, 0.3) is 89.2 Å². The zero-order valence-electron chi connectivity index (χ0n) is 33.0. The number of rotatable bonds is 5. The van der Waals surface area contributed by atoms with Crippen LogP contribution in [-0.4, -0.2) is 24.1 Å². The third-order valence-corrected chi connectivity index (χ3v) is 11.0. The van der Waals surface area contributed by atoms with E-state index in [0.717, 1.165) is 71.7 Å². The van der Waals surface area contributed by atoms with Gasteiger partial charge in [-0.25, -0.2) is 15.0 Å². The lowest BCUT2D eigenvalue weighted by molar-refractivity contribution is 0.360. The Hall–Kier alpha value is -8.03. The van der Waals surface area contributed by atoms with Crippen molar-refractivity contribution in [2.24, 2.45) is 0 Å². The Morgan fingerprint density at radius 2 is 0.800 bits per heavy atom. The lowest BCUT2D eigenvalue weighted by Gasteiger charge is -2.20. The molecule has 0 saturated heterocycles. The summed E-state index contributed by atoms with van der Waals surface area (Å²) in [5, 5.41) is 4.49. The molecular formula is C53H37N5O2. The van der Waals surface area contributed by atoms with Crippen LogP contribution in [0.5, 0.6) is 23.0 Å². The van der Waals surface area contributed by atoms with Crippen LogP contribution in [0.15, 0.2) is 188 Å². The highest BCUT2D eigenvalue weighted by Crippen LogP contribution is 2.50. The SMILES string of the molecule is CC.c1ccc(-c2nc(-c3ccccc3)nc(-c3cccc(-n4c5ccccc5c5ccc6c7cc8c(cc7n(-c7ccccc7)c6c54)Oc4ccccc4O8)c3)n2)cc1. The van der Waals surface area contributed by atoms with E-state index >= 15 is 0 Å². The summed E-state index contributed by atoms with van der Waals surface area (Å²) in [5.41, 5.74) is 9.07. The van der Waals surface area contributed by atoms with Crippen molar-refractivity contribution in [2.75, 3.05) is 0 Å². The molecule has 3 aromatic heterocycles. The Kier molecular flexibility index (Phi) is 8.45. The van der Waals surface area contributed by atoms with Gasteiger partial charge in [-0.05, 0) is 48.5 Å². The molecule has 0 radical (unpaired) electrons. The summed E-state index contributed by atoms with van der Waals surface area (Å²) >= 11 is 0. The molecule has 0 spiro atoms. The van der Waals surface area contributed by atoms with Gasteiger partial charge < -0.3 is 18.6 Å². The summed E-state index contributed by atoms with van der Waals surface area (Å²) < 4.78 is 17.7. The molecule has 0 amide bonds. The third-order valence-electron chi connectivity index (χ3n) is 11.0. The number of aromatic nitrogens is 5. The van der Waals surface area contributed by atoms with Gasteiger partial charge in [0.15, 0.2) is 40.5 Å². The average Bonchev–Trinajstić information content (AvgIpc) is 3.84. The van der Waals surface area contributed by atoms with Gasteiger partial charge in [-0.15, -0.1) is 0 Å². The fraction of sp³-hybridized carbons (Fsp3) is 0.0377. The lowest BCUT2D eigenvalue weighted by atomic mass is 10.1. The van der Waals surface area contributed by atoms with E-state index in [-0.39, 0.29) is 0 Å². The van der Waals surface area contributed by atoms with Gasteiger partial charge in [-0.1, -0.05) is 147 Å². The van der Waals surface area contributed by atoms with E-state index in [0.29, 0.717) is 40.5 Å². The summed E-state index contributed by atoms with van der Waals surface area (Å²) in [6.07, 6.45) is 0. The van der Waals surface area contributed by atoms with Gasteiger partial charge in [0.1, 0.15) is 0 Å². The molecule has 286 valence electrons. The largest absolute Gasteiger partial charge is 0.449 e. The molecular weight excluding hydrogens is 739 g/mol. The zero-order valence-corrected chi connectivity index (χ0v) is 33.0. The quantitative estimate of drug-likeness (QED) is 0.174. The van der Waals surface area contributed by atoms with Crippen molar-refractivity contribution >= 4 is 43.6 Å². The van der Waals surface area contributed by atoms with Crippen LogP contribution >= 0.6 is 0 Å². The van der Waals surface area contributed by atoms with E-state index < -0.39 is 0 Å². The Bertz CT molecular complexity index is 3340. The van der Waals surface area contributed by atoms with Crippen LogP contribution < -0.4 is 9.47 Å². The third kappa shape index (κ3) is 5.70. The molecule has 0 N–H and O–H groups in total. The standard InChI is InChI=1S/C51H31N5O2.C2H6/c1-4-15-32(16-5-1)49-52-50(33-17-6-2-7-18-33)54-51(53-49)34-19-14-22-36(29-34)56-41-24-11-10-23-37(41)38-27-28-39-40-30-45-46(58-44-26-13-12-25-43(44)57-45)31-42(40)55(48(39)47(38)56)35-20-8-3-9-21-35;1-2/h1-31H;1-2H3. The molecule has 7 nitrogen and oxygen atoms in total. The highest BCUT2D eigenvalue weighted by molar-refractivity contribution is 6.24. The van der Waals surface area contributed by atoms with Crippen LogP contribution in [0.3, 0.4) is 0 Å². The van der Waals surface area contributed by atoms with E-state index in [1.165, 1.54) is 0 Å². The fourth-order valence-electron chi connectivity index (χ4n) is 8.40. The molecule has 0 unspecified atom stereocenters. The number of fused-ring (bicyclic) bond motifs is 9. The van der Waals surface area contributed by atoms with Crippen molar-refractivity contribution in [3.05, 3.63) is 188 Å². The van der Waals surface area contributed by atoms with Crippen LogP contribution in [0.1, 0.15) is 13.8 Å². The second-order valence-corrected chi connectivity index (χ2v) is 14.4. The first-order valence-electron chi connectivity index (χ1n) is 20.3. The fourth-order valence-corrected chi connectivity index (χ4v) is 8.40. The first-order chi connectivity index (χ1) is 29.7. The van der Waals surface area contributed by atoms with E-state index in [1.54, 1.807) is 0 Å². The Morgan fingerprint density at radius 3 is 1.43 bits per heavy atom. The second-order valence-electron chi connectivity index (χ2n) is 14.4. The Balaban J connectivity index is 0.00000201. The van der Waals surface area contributed by atoms with Gasteiger partial charge in [0.2, 0.25) is 0 Å². The van der Waals surface area contributed by atoms with Gasteiger partial charge >= 0.3 is 0 Å². The van der Waals surface area contributed by atoms with E-state index in [2.05, 4.69) is 112 Å². The summed E-state index contributed by atoms with van der Waals surface area (Å²) in [4.78, 5) is 15.1. The Morgan fingerprint density at radius 1 is 0.333 bits per heavy atom. The minimum Gasteiger partial charge on any atom is -0.449 e. The van der Waals surface area contributed by atoms with Crippen molar-refractivity contribution in [1.82, 2.24) is 24.1 Å². The minimum atomic E-state index is 0.602. The smallest absolute Gasteiger partial charge is 0.172 e. The molecule has 0 fully saturated rings. The predicted octanol–water partition coefficient (Wildman–Crippen LogP) is 14.0. The van der Waals surface area contributed by atoms with Gasteiger partial charge in [-0.2, -0.15) is 0 Å². The molecule has 0 bridgehead atoms. The average molecular weight is 776 g/mol. The summed E-state index contributed by atoms with van der Waals surface area (Å²) in [6.45, 7) is 4.00. The molecule has 4 heterocycles. The highest BCUT2D eigenvalue weighted by Gasteiger charge is 2.26. The molecule has 0 aliphatic carbocycles. The normalized spacial score (nSPS) is 11.8. The van der Waals surface area contributed by atoms with Crippen molar-refractivity contribution in [3.8, 4) is 68.5 Å². The number of hydrogen-bond acceptors (Lipinski definition) is 5. The maximum absolute atomic E-state index is 6.47. The van der Waals surface area contributed by atoms with Crippen LogP contribution in [-0.2, 0) is 0 Å². The maximum atomic E-state index is 6.47. The van der Waals surface area contributed by atoms with Gasteiger partial charge in [0.05, 0.1) is 22.1 Å². The molecule has 1 aliphatic heterocycles.